The third kappa shape index (κ3) is 3.76. The number of carbonyl (C=O) groups is 1. The highest BCUT2D eigenvalue weighted by atomic mass is 16.2. The standard InChI is InChI=1S/C18H20N6O/c25-18(22-13-5-1-2-6-13)12-24-11-14(9-20-24)21-17-10-19-15-7-3-4-8-16(15)23-17/h3-4,7-11,13H,1-2,5-6,12H2,(H,21,23)(H,22,25). The van der Waals surface area contributed by atoms with E-state index in [0.29, 0.717) is 11.9 Å². The number of amides is 1. The molecule has 128 valence electrons. The van der Waals surface area contributed by atoms with Gasteiger partial charge < -0.3 is 10.6 Å². The van der Waals surface area contributed by atoms with Gasteiger partial charge in [-0.15, -0.1) is 0 Å². The maximum Gasteiger partial charge on any atom is 0.241 e. The Labute approximate surface area is 145 Å². The molecule has 1 amide bonds. The highest BCUT2D eigenvalue weighted by Gasteiger charge is 2.17. The summed E-state index contributed by atoms with van der Waals surface area (Å²) in [6.07, 6.45) is 9.73. The van der Waals surface area contributed by atoms with Gasteiger partial charge in [0.1, 0.15) is 12.4 Å². The zero-order valence-electron chi connectivity index (χ0n) is 13.9. The van der Waals surface area contributed by atoms with E-state index < -0.39 is 0 Å². The number of hydrogen-bond donors (Lipinski definition) is 2. The summed E-state index contributed by atoms with van der Waals surface area (Å²) >= 11 is 0. The molecule has 0 saturated heterocycles. The quantitative estimate of drug-likeness (QED) is 0.748. The minimum atomic E-state index is 0.00652. The largest absolute Gasteiger partial charge is 0.352 e. The fourth-order valence-electron chi connectivity index (χ4n) is 3.17. The Balaban J connectivity index is 1.39. The molecule has 0 unspecified atom stereocenters. The van der Waals surface area contributed by atoms with Crippen molar-refractivity contribution in [2.24, 2.45) is 0 Å². The van der Waals surface area contributed by atoms with E-state index in [2.05, 4.69) is 25.7 Å². The van der Waals surface area contributed by atoms with Gasteiger partial charge in [-0.25, -0.2) is 4.98 Å². The molecule has 1 aromatic carbocycles. The van der Waals surface area contributed by atoms with Crippen molar-refractivity contribution in [3.8, 4) is 0 Å². The molecule has 1 fully saturated rings. The fourth-order valence-corrected chi connectivity index (χ4v) is 3.17. The zero-order chi connectivity index (χ0) is 17.1. The molecule has 2 aromatic heterocycles. The summed E-state index contributed by atoms with van der Waals surface area (Å²) in [5, 5.41) is 10.5. The first-order valence-electron chi connectivity index (χ1n) is 8.57. The van der Waals surface area contributed by atoms with Gasteiger partial charge in [0.25, 0.3) is 0 Å². The number of carbonyl (C=O) groups excluding carboxylic acids is 1. The molecule has 7 nitrogen and oxygen atoms in total. The molecule has 0 aliphatic heterocycles. The monoisotopic (exact) mass is 336 g/mol. The van der Waals surface area contributed by atoms with Crippen LogP contribution in [0.15, 0.2) is 42.9 Å². The van der Waals surface area contributed by atoms with Crippen LogP contribution < -0.4 is 10.6 Å². The van der Waals surface area contributed by atoms with Crippen LogP contribution in [0.1, 0.15) is 25.7 Å². The third-order valence-electron chi connectivity index (χ3n) is 4.38. The van der Waals surface area contributed by atoms with Crippen LogP contribution in [-0.4, -0.2) is 31.7 Å². The lowest BCUT2D eigenvalue weighted by Crippen LogP contribution is -2.35. The Morgan fingerprint density at radius 2 is 1.96 bits per heavy atom. The van der Waals surface area contributed by atoms with Crippen molar-refractivity contribution >= 4 is 28.4 Å². The van der Waals surface area contributed by atoms with Gasteiger partial charge in [-0.3, -0.25) is 14.5 Å². The van der Waals surface area contributed by atoms with E-state index in [-0.39, 0.29) is 12.5 Å². The first-order valence-corrected chi connectivity index (χ1v) is 8.57. The van der Waals surface area contributed by atoms with Crippen LogP contribution in [-0.2, 0) is 11.3 Å². The van der Waals surface area contributed by atoms with E-state index in [0.717, 1.165) is 29.6 Å². The number of hydrogen-bond acceptors (Lipinski definition) is 5. The topological polar surface area (TPSA) is 84.7 Å². The van der Waals surface area contributed by atoms with Crippen LogP contribution in [0.4, 0.5) is 11.5 Å². The zero-order valence-corrected chi connectivity index (χ0v) is 13.9. The smallest absolute Gasteiger partial charge is 0.241 e. The van der Waals surface area contributed by atoms with E-state index in [1.807, 2.05) is 24.3 Å². The summed E-state index contributed by atoms with van der Waals surface area (Å²) in [6, 6.07) is 8.04. The first-order chi connectivity index (χ1) is 12.3. The SMILES string of the molecule is O=C(Cn1cc(Nc2cnc3ccccc3n2)cn1)NC1CCCC1. The lowest BCUT2D eigenvalue weighted by molar-refractivity contribution is -0.122. The number of para-hydroxylation sites is 2. The van der Waals surface area contributed by atoms with E-state index in [1.54, 1.807) is 23.3 Å². The average molecular weight is 336 g/mol. The van der Waals surface area contributed by atoms with Gasteiger partial charge in [-0.05, 0) is 25.0 Å². The Kier molecular flexibility index (Phi) is 4.28. The van der Waals surface area contributed by atoms with Crippen LogP contribution in [0.5, 0.6) is 0 Å². The molecule has 4 rings (SSSR count). The first kappa shape index (κ1) is 15.6. The number of nitrogens with zero attached hydrogens (tertiary/aromatic N) is 4. The van der Waals surface area contributed by atoms with Crippen molar-refractivity contribution in [3.63, 3.8) is 0 Å². The highest BCUT2D eigenvalue weighted by Crippen LogP contribution is 2.18. The summed E-state index contributed by atoms with van der Waals surface area (Å²) in [4.78, 5) is 21.0. The predicted octanol–water partition coefficient (Wildman–Crippen LogP) is 2.63. The molecule has 0 bridgehead atoms. The number of anilines is 2. The van der Waals surface area contributed by atoms with Crippen LogP contribution in [0, 0.1) is 0 Å². The molecular weight excluding hydrogens is 316 g/mol. The van der Waals surface area contributed by atoms with Crippen LogP contribution in [0.3, 0.4) is 0 Å². The van der Waals surface area contributed by atoms with E-state index in [1.165, 1.54) is 12.8 Å². The number of aromatic nitrogens is 4. The minimum absolute atomic E-state index is 0.00652. The molecule has 25 heavy (non-hydrogen) atoms. The van der Waals surface area contributed by atoms with E-state index in [9.17, 15) is 4.79 Å². The molecular formula is C18H20N6O. The van der Waals surface area contributed by atoms with Gasteiger partial charge >= 0.3 is 0 Å². The molecule has 1 saturated carbocycles. The van der Waals surface area contributed by atoms with Crippen LogP contribution in [0.25, 0.3) is 11.0 Å². The van der Waals surface area contributed by atoms with E-state index >= 15 is 0 Å². The molecule has 1 aliphatic carbocycles. The summed E-state index contributed by atoms with van der Waals surface area (Å²) in [5.74, 6) is 0.653. The second kappa shape index (κ2) is 6.88. The van der Waals surface area contributed by atoms with Gasteiger partial charge in [-0.2, -0.15) is 5.10 Å². The van der Waals surface area contributed by atoms with Crippen molar-refractivity contribution in [2.75, 3.05) is 5.32 Å². The van der Waals surface area contributed by atoms with Crippen LogP contribution in [0.2, 0.25) is 0 Å². The Bertz CT molecular complexity index is 884. The predicted molar refractivity (Wildman–Crippen MR) is 95.4 cm³/mol. The van der Waals surface area contributed by atoms with Crippen molar-refractivity contribution in [3.05, 3.63) is 42.9 Å². The molecule has 0 spiro atoms. The van der Waals surface area contributed by atoms with Crippen molar-refractivity contribution < 1.29 is 4.79 Å². The Morgan fingerprint density at radius 1 is 1.16 bits per heavy atom. The summed E-state index contributed by atoms with van der Waals surface area (Å²) in [5.41, 5.74) is 2.46. The van der Waals surface area contributed by atoms with Crippen molar-refractivity contribution in [1.82, 2.24) is 25.1 Å². The number of fused-ring (bicyclic) bond motifs is 1. The molecule has 0 radical (unpaired) electrons. The van der Waals surface area contributed by atoms with Gasteiger partial charge in [0.05, 0.1) is 29.1 Å². The lowest BCUT2D eigenvalue weighted by atomic mass is 10.2. The normalized spacial score (nSPS) is 14.7. The van der Waals surface area contributed by atoms with Gasteiger partial charge in [0.2, 0.25) is 5.91 Å². The Morgan fingerprint density at radius 3 is 2.80 bits per heavy atom. The van der Waals surface area contributed by atoms with E-state index in [4.69, 9.17) is 0 Å². The number of benzene rings is 1. The molecule has 1 aliphatic rings. The second-order valence-corrected chi connectivity index (χ2v) is 6.34. The Hall–Kier alpha value is -2.96. The van der Waals surface area contributed by atoms with Gasteiger partial charge in [0.15, 0.2) is 0 Å². The molecule has 2 N–H and O–H groups in total. The van der Waals surface area contributed by atoms with Gasteiger partial charge in [-0.1, -0.05) is 25.0 Å². The van der Waals surface area contributed by atoms with Crippen molar-refractivity contribution in [2.45, 2.75) is 38.3 Å². The lowest BCUT2D eigenvalue weighted by Gasteiger charge is -2.11. The van der Waals surface area contributed by atoms with Gasteiger partial charge in [0, 0.05) is 12.2 Å². The number of nitrogens with one attached hydrogen (secondary N) is 2. The maximum absolute atomic E-state index is 12.1. The third-order valence-corrected chi connectivity index (χ3v) is 4.38. The average Bonchev–Trinajstić information content (AvgIpc) is 3.27. The minimum Gasteiger partial charge on any atom is -0.352 e. The summed E-state index contributed by atoms with van der Waals surface area (Å²) in [6.45, 7) is 0.224. The second-order valence-electron chi connectivity index (χ2n) is 6.34. The summed E-state index contributed by atoms with van der Waals surface area (Å²) < 4.78 is 1.63. The maximum atomic E-state index is 12.1. The molecule has 2 heterocycles. The summed E-state index contributed by atoms with van der Waals surface area (Å²) in [7, 11) is 0. The molecule has 7 heteroatoms. The van der Waals surface area contributed by atoms with Crippen LogP contribution >= 0.6 is 0 Å². The van der Waals surface area contributed by atoms with Crippen molar-refractivity contribution in [1.29, 1.82) is 0 Å². The molecule has 3 aromatic rings. The fraction of sp³-hybridized carbons (Fsp3) is 0.333. The highest BCUT2D eigenvalue weighted by molar-refractivity contribution is 5.77. The number of rotatable bonds is 5. The molecule has 0 atom stereocenters.